The van der Waals surface area contributed by atoms with Crippen molar-refractivity contribution in [2.45, 2.75) is 39.3 Å². The molecule has 82 valence electrons. The molecule has 0 aromatic heterocycles. The summed E-state index contributed by atoms with van der Waals surface area (Å²) in [6.45, 7) is 6.82. The van der Waals surface area contributed by atoms with E-state index < -0.39 is 0 Å². The molecule has 0 bridgehead atoms. The van der Waals surface area contributed by atoms with Gasteiger partial charge in [-0.1, -0.05) is 34.1 Å². The molecule has 1 unspecified atom stereocenters. The molecular formula is C13H18BrN. The fraction of sp³-hybridized carbons (Fsp3) is 0.538. The van der Waals surface area contributed by atoms with Crippen molar-refractivity contribution >= 4 is 15.9 Å². The van der Waals surface area contributed by atoms with Crippen LogP contribution in [0.3, 0.4) is 0 Å². The lowest BCUT2D eigenvalue weighted by atomic mass is 10.1. The van der Waals surface area contributed by atoms with E-state index in [4.69, 9.17) is 0 Å². The van der Waals surface area contributed by atoms with Gasteiger partial charge in [-0.2, -0.15) is 0 Å². The molecule has 1 aliphatic rings. The van der Waals surface area contributed by atoms with Gasteiger partial charge in [0.05, 0.1) is 0 Å². The Bertz CT molecular complexity index is 348. The van der Waals surface area contributed by atoms with Crippen LogP contribution in [0.15, 0.2) is 22.7 Å². The number of hydrogen-bond donors (Lipinski definition) is 0. The van der Waals surface area contributed by atoms with Gasteiger partial charge >= 0.3 is 0 Å². The highest BCUT2D eigenvalue weighted by atomic mass is 79.9. The normalized spacial score (nSPS) is 22.2. The maximum atomic E-state index is 3.68. The molecule has 2 heteroatoms. The van der Waals surface area contributed by atoms with Crippen molar-refractivity contribution in [3.63, 3.8) is 0 Å². The SMILES string of the molecule is Cc1cccc(CN2CCCC2C)c1Br. The van der Waals surface area contributed by atoms with Crippen LogP contribution >= 0.6 is 15.9 Å². The Labute approximate surface area is 101 Å². The van der Waals surface area contributed by atoms with Crippen molar-refractivity contribution in [2.24, 2.45) is 0 Å². The Morgan fingerprint density at radius 3 is 2.93 bits per heavy atom. The Hall–Kier alpha value is -0.340. The minimum atomic E-state index is 0.748. The summed E-state index contributed by atoms with van der Waals surface area (Å²) < 4.78 is 1.28. The predicted molar refractivity (Wildman–Crippen MR) is 68.0 cm³/mol. The summed E-state index contributed by atoms with van der Waals surface area (Å²) in [5.41, 5.74) is 2.75. The van der Waals surface area contributed by atoms with E-state index >= 15 is 0 Å². The summed E-state index contributed by atoms with van der Waals surface area (Å²) in [7, 11) is 0. The monoisotopic (exact) mass is 267 g/mol. The van der Waals surface area contributed by atoms with Crippen LogP contribution in [0.4, 0.5) is 0 Å². The molecule has 2 rings (SSSR count). The van der Waals surface area contributed by atoms with Gasteiger partial charge < -0.3 is 0 Å². The summed E-state index contributed by atoms with van der Waals surface area (Å²) >= 11 is 3.68. The number of likely N-dealkylation sites (tertiary alicyclic amines) is 1. The minimum Gasteiger partial charge on any atom is -0.296 e. The molecule has 1 fully saturated rings. The van der Waals surface area contributed by atoms with Crippen LogP contribution in [-0.4, -0.2) is 17.5 Å². The van der Waals surface area contributed by atoms with Crippen LogP contribution in [0.1, 0.15) is 30.9 Å². The quantitative estimate of drug-likeness (QED) is 0.789. The van der Waals surface area contributed by atoms with Gasteiger partial charge in [-0.3, -0.25) is 4.90 Å². The zero-order valence-corrected chi connectivity index (χ0v) is 11.0. The van der Waals surface area contributed by atoms with Crippen LogP contribution in [-0.2, 0) is 6.54 Å². The van der Waals surface area contributed by atoms with Crippen LogP contribution in [0.5, 0.6) is 0 Å². The molecule has 1 heterocycles. The van der Waals surface area contributed by atoms with Crippen molar-refractivity contribution in [1.29, 1.82) is 0 Å². The smallest absolute Gasteiger partial charge is 0.0249 e. The third kappa shape index (κ3) is 2.43. The fourth-order valence-electron chi connectivity index (χ4n) is 2.28. The number of benzene rings is 1. The lowest BCUT2D eigenvalue weighted by Crippen LogP contribution is -2.26. The highest BCUT2D eigenvalue weighted by Crippen LogP contribution is 2.25. The third-order valence-corrected chi connectivity index (χ3v) is 4.47. The van der Waals surface area contributed by atoms with Gasteiger partial charge in [0.2, 0.25) is 0 Å². The molecular weight excluding hydrogens is 250 g/mol. The maximum absolute atomic E-state index is 3.68. The van der Waals surface area contributed by atoms with Gasteiger partial charge in [0.1, 0.15) is 0 Å². The van der Waals surface area contributed by atoms with E-state index in [0.717, 1.165) is 12.6 Å². The maximum Gasteiger partial charge on any atom is 0.0249 e. The van der Waals surface area contributed by atoms with E-state index in [0.29, 0.717) is 0 Å². The molecule has 0 spiro atoms. The first-order valence-electron chi connectivity index (χ1n) is 5.66. The van der Waals surface area contributed by atoms with Crippen LogP contribution < -0.4 is 0 Å². The van der Waals surface area contributed by atoms with Crippen LogP contribution in [0.25, 0.3) is 0 Å². The van der Waals surface area contributed by atoms with Gasteiger partial charge in [-0.15, -0.1) is 0 Å². The second-order valence-corrected chi connectivity index (χ2v) is 5.30. The fourth-order valence-corrected chi connectivity index (χ4v) is 2.67. The molecule has 1 aromatic carbocycles. The number of hydrogen-bond acceptors (Lipinski definition) is 1. The molecule has 0 radical (unpaired) electrons. The standard InChI is InChI=1S/C13H18BrN/c1-10-5-3-7-12(13(10)14)9-15-8-4-6-11(15)2/h3,5,7,11H,4,6,8-9H2,1-2H3. The summed E-state index contributed by atoms with van der Waals surface area (Å²) in [6.07, 6.45) is 2.70. The molecule has 1 nitrogen and oxygen atoms in total. The molecule has 0 N–H and O–H groups in total. The van der Waals surface area contributed by atoms with Crippen molar-refractivity contribution in [3.8, 4) is 0 Å². The Balaban J connectivity index is 2.13. The van der Waals surface area contributed by atoms with E-state index in [-0.39, 0.29) is 0 Å². The lowest BCUT2D eigenvalue weighted by molar-refractivity contribution is 0.260. The van der Waals surface area contributed by atoms with Crippen LogP contribution in [0, 0.1) is 6.92 Å². The third-order valence-electron chi connectivity index (χ3n) is 3.34. The van der Waals surface area contributed by atoms with Crippen molar-refractivity contribution in [2.75, 3.05) is 6.54 Å². The Kier molecular flexibility index (Phi) is 3.47. The second kappa shape index (κ2) is 4.67. The van der Waals surface area contributed by atoms with Crippen molar-refractivity contribution < 1.29 is 0 Å². The number of rotatable bonds is 2. The number of nitrogens with zero attached hydrogens (tertiary/aromatic N) is 1. The Morgan fingerprint density at radius 1 is 1.47 bits per heavy atom. The predicted octanol–water partition coefficient (Wildman–Crippen LogP) is 3.74. The summed E-state index contributed by atoms with van der Waals surface area (Å²) in [5, 5.41) is 0. The first kappa shape index (κ1) is 11.2. The number of halogens is 1. The van der Waals surface area contributed by atoms with Gasteiger partial charge in [0, 0.05) is 17.1 Å². The average Bonchev–Trinajstić information content (AvgIpc) is 2.60. The molecule has 1 aliphatic heterocycles. The summed E-state index contributed by atoms with van der Waals surface area (Å²) in [5.74, 6) is 0. The molecule has 0 amide bonds. The zero-order chi connectivity index (χ0) is 10.8. The van der Waals surface area contributed by atoms with Crippen molar-refractivity contribution in [3.05, 3.63) is 33.8 Å². The summed E-state index contributed by atoms with van der Waals surface area (Å²) in [6, 6.07) is 7.27. The topological polar surface area (TPSA) is 3.24 Å². The Morgan fingerprint density at radius 2 is 2.27 bits per heavy atom. The van der Waals surface area contributed by atoms with E-state index in [2.05, 4.69) is 52.9 Å². The zero-order valence-electron chi connectivity index (χ0n) is 9.46. The highest BCUT2D eigenvalue weighted by molar-refractivity contribution is 9.10. The molecule has 15 heavy (non-hydrogen) atoms. The molecule has 1 aromatic rings. The summed E-state index contributed by atoms with van der Waals surface area (Å²) in [4.78, 5) is 2.57. The molecule has 1 saturated heterocycles. The molecule has 0 aliphatic carbocycles. The van der Waals surface area contributed by atoms with E-state index in [9.17, 15) is 0 Å². The van der Waals surface area contributed by atoms with Gasteiger partial charge in [0.15, 0.2) is 0 Å². The van der Waals surface area contributed by atoms with E-state index in [1.807, 2.05) is 0 Å². The van der Waals surface area contributed by atoms with Gasteiger partial charge in [-0.25, -0.2) is 0 Å². The van der Waals surface area contributed by atoms with E-state index in [1.54, 1.807) is 0 Å². The lowest BCUT2D eigenvalue weighted by Gasteiger charge is -2.22. The number of aryl methyl sites for hydroxylation is 1. The van der Waals surface area contributed by atoms with Gasteiger partial charge in [-0.05, 0) is 44.4 Å². The van der Waals surface area contributed by atoms with Crippen LogP contribution in [0.2, 0.25) is 0 Å². The minimum absolute atomic E-state index is 0.748. The average molecular weight is 268 g/mol. The largest absolute Gasteiger partial charge is 0.296 e. The van der Waals surface area contributed by atoms with E-state index in [1.165, 1.54) is 35.0 Å². The highest BCUT2D eigenvalue weighted by Gasteiger charge is 2.20. The second-order valence-electron chi connectivity index (χ2n) is 4.51. The van der Waals surface area contributed by atoms with Crippen molar-refractivity contribution in [1.82, 2.24) is 4.90 Å². The first-order chi connectivity index (χ1) is 7.18. The molecule has 0 saturated carbocycles. The van der Waals surface area contributed by atoms with Gasteiger partial charge in [0.25, 0.3) is 0 Å². The molecule has 1 atom stereocenters. The first-order valence-corrected chi connectivity index (χ1v) is 6.46.